The van der Waals surface area contributed by atoms with E-state index in [-0.39, 0.29) is 30.5 Å². The van der Waals surface area contributed by atoms with Gasteiger partial charge >= 0.3 is 0 Å². The molecular weight excluding hydrogens is 323 g/mol. The van der Waals surface area contributed by atoms with Crippen molar-refractivity contribution in [2.75, 3.05) is 19.0 Å². The van der Waals surface area contributed by atoms with E-state index >= 15 is 0 Å². The fourth-order valence-corrected chi connectivity index (χ4v) is 2.31. The van der Waals surface area contributed by atoms with Crippen LogP contribution < -0.4 is 10.1 Å². The van der Waals surface area contributed by atoms with E-state index < -0.39 is 5.82 Å². The van der Waals surface area contributed by atoms with Crippen LogP contribution in [0, 0.1) is 5.82 Å². The van der Waals surface area contributed by atoms with Crippen LogP contribution in [-0.4, -0.2) is 30.4 Å². The highest BCUT2D eigenvalue weighted by molar-refractivity contribution is 5.91. The third-order valence-electron chi connectivity index (χ3n) is 3.73. The van der Waals surface area contributed by atoms with Crippen molar-refractivity contribution in [1.29, 1.82) is 0 Å². The standard InChI is InChI=1S/C19H21FN2O3/c1-14(23)22(13-15-7-9-16(25-2)10-8-15)12-11-19(24)21-18-6-4-3-5-17(18)20/h3-10H,11-13H2,1-2H3,(H,21,24). The summed E-state index contributed by atoms with van der Waals surface area (Å²) in [5.41, 5.74) is 1.07. The van der Waals surface area contributed by atoms with Gasteiger partial charge in [-0.2, -0.15) is 0 Å². The molecule has 0 aromatic heterocycles. The number of nitrogens with zero attached hydrogens (tertiary/aromatic N) is 1. The van der Waals surface area contributed by atoms with E-state index in [1.54, 1.807) is 24.1 Å². The maximum Gasteiger partial charge on any atom is 0.226 e. The molecule has 0 saturated heterocycles. The number of amides is 2. The molecule has 1 N–H and O–H groups in total. The zero-order valence-corrected chi connectivity index (χ0v) is 14.3. The second-order valence-corrected chi connectivity index (χ2v) is 5.57. The first kappa shape index (κ1) is 18.4. The number of carbonyl (C=O) groups is 2. The average Bonchev–Trinajstić information content (AvgIpc) is 2.61. The molecule has 25 heavy (non-hydrogen) atoms. The lowest BCUT2D eigenvalue weighted by molar-refractivity contribution is -0.129. The van der Waals surface area contributed by atoms with Crippen LogP contribution in [0.4, 0.5) is 10.1 Å². The molecule has 0 unspecified atom stereocenters. The van der Waals surface area contributed by atoms with Crippen molar-refractivity contribution in [1.82, 2.24) is 4.90 Å². The van der Waals surface area contributed by atoms with Crippen molar-refractivity contribution < 1.29 is 18.7 Å². The first-order valence-corrected chi connectivity index (χ1v) is 7.92. The SMILES string of the molecule is COc1ccc(CN(CCC(=O)Nc2ccccc2F)C(C)=O)cc1. The number of nitrogens with one attached hydrogen (secondary N) is 1. The second kappa shape index (κ2) is 8.82. The minimum Gasteiger partial charge on any atom is -0.497 e. The van der Waals surface area contributed by atoms with Gasteiger partial charge in [0.1, 0.15) is 11.6 Å². The lowest BCUT2D eigenvalue weighted by Gasteiger charge is -2.21. The van der Waals surface area contributed by atoms with Gasteiger partial charge in [0.15, 0.2) is 0 Å². The number of para-hydroxylation sites is 1. The summed E-state index contributed by atoms with van der Waals surface area (Å²) in [6, 6.07) is 13.3. The van der Waals surface area contributed by atoms with Gasteiger partial charge in [0, 0.05) is 26.4 Å². The van der Waals surface area contributed by atoms with Gasteiger partial charge in [-0.3, -0.25) is 9.59 Å². The first-order valence-electron chi connectivity index (χ1n) is 7.92. The number of halogens is 1. The summed E-state index contributed by atoms with van der Waals surface area (Å²) in [6.07, 6.45) is 0.0874. The van der Waals surface area contributed by atoms with Gasteiger partial charge in [-0.25, -0.2) is 4.39 Å². The highest BCUT2D eigenvalue weighted by atomic mass is 19.1. The lowest BCUT2D eigenvalue weighted by atomic mass is 10.2. The van der Waals surface area contributed by atoms with Crippen molar-refractivity contribution in [2.24, 2.45) is 0 Å². The summed E-state index contributed by atoms with van der Waals surface area (Å²) >= 11 is 0. The Morgan fingerprint density at radius 1 is 1.12 bits per heavy atom. The van der Waals surface area contributed by atoms with Crippen LogP contribution in [0.5, 0.6) is 5.75 Å². The first-order chi connectivity index (χ1) is 12.0. The Labute approximate surface area is 146 Å². The molecule has 0 heterocycles. The number of anilines is 1. The molecule has 0 fully saturated rings. The van der Waals surface area contributed by atoms with Crippen LogP contribution in [0.15, 0.2) is 48.5 Å². The number of carbonyl (C=O) groups excluding carboxylic acids is 2. The fourth-order valence-electron chi connectivity index (χ4n) is 2.31. The second-order valence-electron chi connectivity index (χ2n) is 5.57. The number of ether oxygens (including phenoxy) is 1. The third kappa shape index (κ3) is 5.60. The Bertz CT molecular complexity index is 732. The van der Waals surface area contributed by atoms with E-state index in [4.69, 9.17) is 4.74 Å². The van der Waals surface area contributed by atoms with Gasteiger partial charge in [0.2, 0.25) is 11.8 Å². The third-order valence-corrected chi connectivity index (χ3v) is 3.73. The molecule has 6 heteroatoms. The highest BCUT2D eigenvalue weighted by Gasteiger charge is 2.13. The summed E-state index contributed by atoms with van der Waals surface area (Å²) in [7, 11) is 1.59. The average molecular weight is 344 g/mol. The fraction of sp³-hybridized carbons (Fsp3) is 0.263. The van der Waals surface area contributed by atoms with Crippen LogP contribution in [0.3, 0.4) is 0 Å². The largest absolute Gasteiger partial charge is 0.497 e. The number of benzene rings is 2. The quantitative estimate of drug-likeness (QED) is 0.839. The van der Waals surface area contributed by atoms with Gasteiger partial charge in [0.05, 0.1) is 12.8 Å². The number of methoxy groups -OCH3 is 1. The van der Waals surface area contributed by atoms with E-state index in [0.717, 1.165) is 11.3 Å². The maximum atomic E-state index is 13.5. The minimum atomic E-state index is -0.488. The molecule has 0 aliphatic heterocycles. The predicted molar refractivity (Wildman–Crippen MR) is 93.7 cm³/mol. The Morgan fingerprint density at radius 2 is 1.80 bits per heavy atom. The summed E-state index contributed by atoms with van der Waals surface area (Å²) in [6.45, 7) is 2.10. The Balaban J connectivity index is 1.91. The normalized spacial score (nSPS) is 10.2. The maximum absolute atomic E-state index is 13.5. The molecule has 0 saturated carbocycles. The minimum absolute atomic E-state index is 0.0874. The van der Waals surface area contributed by atoms with Gasteiger partial charge in [-0.05, 0) is 29.8 Å². The van der Waals surface area contributed by atoms with E-state index in [1.807, 2.05) is 24.3 Å². The zero-order chi connectivity index (χ0) is 18.2. The zero-order valence-electron chi connectivity index (χ0n) is 14.3. The summed E-state index contributed by atoms with van der Waals surface area (Å²) in [4.78, 5) is 25.4. The van der Waals surface area contributed by atoms with E-state index in [0.29, 0.717) is 6.54 Å². The molecule has 0 aliphatic rings. The highest BCUT2D eigenvalue weighted by Crippen LogP contribution is 2.15. The monoisotopic (exact) mass is 344 g/mol. The van der Waals surface area contributed by atoms with E-state index in [1.165, 1.54) is 19.1 Å². The van der Waals surface area contributed by atoms with Crippen LogP contribution in [0.1, 0.15) is 18.9 Å². The van der Waals surface area contributed by atoms with Gasteiger partial charge in [-0.1, -0.05) is 24.3 Å². The molecule has 132 valence electrons. The molecule has 0 bridgehead atoms. The van der Waals surface area contributed by atoms with E-state index in [9.17, 15) is 14.0 Å². The molecule has 0 atom stereocenters. The Kier molecular flexibility index (Phi) is 6.51. The smallest absolute Gasteiger partial charge is 0.226 e. The topological polar surface area (TPSA) is 58.6 Å². The lowest BCUT2D eigenvalue weighted by Crippen LogP contribution is -2.31. The summed E-state index contributed by atoms with van der Waals surface area (Å²) in [5, 5.41) is 2.51. The van der Waals surface area contributed by atoms with Crippen molar-refractivity contribution in [3.8, 4) is 5.75 Å². The number of hydrogen-bond acceptors (Lipinski definition) is 3. The van der Waals surface area contributed by atoms with Crippen LogP contribution in [0.25, 0.3) is 0 Å². The van der Waals surface area contributed by atoms with Crippen LogP contribution >= 0.6 is 0 Å². The van der Waals surface area contributed by atoms with Crippen molar-refractivity contribution in [3.05, 3.63) is 59.9 Å². The molecule has 2 aromatic rings. The predicted octanol–water partition coefficient (Wildman–Crippen LogP) is 3.21. The summed E-state index contributed by atoms with van der Waals surface area (Å²) < 4.78 is 18.6. The van der Waals surface area contributed by atoms with Gasteiger partial charge in [-0.15, -0.1) is 0 Å². The molecule has 5 nitrogen and oxygen atoms in total. The molecule has 0 radical (unpaired) electrons. The molecule has 0 spiro atoms. The molecule has 0 aliphatic carbocycles. The van der Waals surface area contributed by atoms with Crippen LogP contribution in [0.2, 0.25) is 0 Å². The molecule has 2 aromatic carbocycles. The summed E-state index contributed by atoms with van der Waals surface area (Å²) in [5.74, 6) is -0.222. The van der Waals surface area contributed by atoms with Crippen molar-refractivity contribution >= 4 is 17.5 Å². The molecule has 2 rings (SSSR count). The molecular formula is C19H21FN2O3. The van der Waals surface area contributed by atoms with Crippen molar-refractivity contribution in [3.63, 3.8) is 0 Å². The molecule has 2 amide bonds. The number of rotatable bonds is 7. The Morgan fingerprint density at radius 3 is 2.40 bits per heavy atom. The van der Waals surface area contributed by atoms with Gasteiger partial charge in [0.25, 0.3) is 0 Å². The number of hydrogen-bond donors (Lipinski definition) is 1. The van der Waals surface area contributed by atoms with Crippen molar-refractivity contribution in [2.45, 2.75) is 19.9 Å². The van der Waals surface area contributed by atoms with Gasteiger partial charge < -0.3 is 15.0 Å². The Hall–Kier alpha value is -2.89. The van der Waals surface area contributed by atoms with E-state index in [2.05, 4.69) is 5.32 Å². The van der Waals surface area contributed by atoms with Crippen LogP contribution in [-0.2, 0) is 16.1 Å².